The highest BCUT2D eigenvalue weighted by molar-refractivity contribution is 7.89. The minimum absolute atomic E-state index is 0.0140. The van der Waals surface area contributed by atoms with Gasteiger partial charge in [-0.05, 0) is 36.8 Å². The molecule has 0 fully saturated rings. The Morgan fingerprint density at radius 1 is 1.30 bits per heavy atom. The van der Waals surface area contributed by atoms with Crippen molar-refractivity contribution in [1.29, 1.82) is 0 Å². The van der Waals surface area contributed by atoms with E-state index in [2.05, 4.69) is 10.0 Å². The quantitative estimate of drug-likeness (QED) is 0.681. The fourth-order valence-electron chi connectivity index (χ4n) is 1.94. The number of hydrogen-bond acceptors (Lipinski definition) is 5. The highest BCUT2D eigenvalue weighted by Gasteiger charge is 2.21. The summed E-state index contributed by atoms with van der Waals surface area (Å²) in [6.45, 7) is 2.51. The molecule has 0 aliphatic carbocycles. The van der Waals surface area contributed by atoms with E-state index in [0.717, 1.165) is 12.5 Å². The zero-order valence-electron chi connectivity index (χ0n) is 12.6. The molecule has 1 heterocycles. The first-order valence-corrected chi connectivity index (χ1v) is 8.55. The molecule has 0 spiro atoms. The average Bonchev–Trinajstić information content (AvgIpc) is 3.04. The monoisotopic (exact) mass is 338 g/mol. The van der Waals surface area contributed by atoms with Crippen LogP contribution in [0.1, 0.15) is 29.5 Å². The number of hydrogen-bond donors (Lipinski definition) is 3. The standard InChI is InChI=1S/C15H18N2O5S/c1-2-7-16-13-6-5-11(15(18)19)9-14(13)23(20,21)17-10-12-4-3-8-22-12/h3-6,8-9,16-17H,2,7,10H2,1H3,(H,18,19). The van der Waals surface area contributed by atoms with Crippen LogP contribution in [0.2, 0.25) is 0 Å². The van der Waals surface area contributed by atoms with Gasteiger partial charge in [-0.1, -0.05) is 6.92 Å². The van der Waals surface area contributed by atoms with Crippen LogP contribution in [-0.4, -0.2) is 26.0 Å². The number of rotatable bonds is 8. The third-order valence-corrected chi connectivity index (χ3v) is 4.54. The second kappa shape index (κ2) is 7.30. The largest absolute Gasteiger partial charge is 0.478 e. The van der Waals surface area contributed by atoms with Gasteiger partial charge in [-0.15, -0.1) is 0 Å². The van der Waals surface area contributed by atoms with Gasteiger partial charge in [0.1, 0.15) is 10.7 Å². The van der Waals surface area contributed by atoms with Crippen LogP contribution in [0.5, 0.6) is 0 Å². The van der Waals surface area contributed by atoms with E-state index >= 15 is 0 Å². The summed E-state index contributed by atoms with van der Waals surface area (Å²) in [5.41, 5.74) is 0.272. The molecule has 0 saturated heterocycles. The van der Waals surface area contributed by atoms with Gasteiger partial charge < -0.3 is 14.8 Å². The van der Waals surface area contributed by atoms with Crippen LogP contribution in [-0.2, 0) is 16.6 Å². The minimum atomic E-state index is -3.89. The molecule has 2 aromatic rings. The second-order valence-corrected chi connectivity index (χ2v) is 6.58. The molecule has 0 radical (unpaired) electrons. The lowest BCUT2D eigenvalue weighted by atomic mass is 10.2. The summed E-state index contributed by atoms with van der Waals surface area (Å²) < 4.78 is 32.5. The third-order valence-electron chi connectivity index (χ3n) is 3.10. The molecule has 7 nitrogen and oxygen atoms in total. The molecule has 0 saturated carbocycles. The highest BCUT2D eigenvalue weighted by atomic mass is 32.2. The van der Waals surface area contributed by atoms with Crippen LogP contribution in [0.3, 0.4) is 0 Å². The van der Waals surface area contributed by atoms with Gasteiger partial charge in [0.2, 0.25) is 10.0 Å². The van der Waals surface area contributed by atoms with Gasteiger partial charge in [0.15, 0.2) is 0 Å². The van der Waals surface area contributed by atoms with Gasteiger partial charge in [0.05, 0.1) is 24.1 Å². The van der Waals surface area contributed by atoms with Crippen LogP contribution in [0.25, 0.3) is 0 Å². The summed E-state index contributed by atoms with van der Waals surface area (Å²) in [6.07, 6.45) is 2.25. The molecule has 8 heteroatoms. The van der Waals surface area contributed by atoms with Crippen molar-refractivity contribution in [1.82, 2.24) is 4.72 Å². The minimum Gasteiger partial charge on any atom is -0.478 e. The van der Waals surface area contributed by atoms with Crippen molar-refractivity contribution in [3.8, 4) is 0 Å². The number of carboxylic acid groups (broad SMARTS) is 1. The molecule has 0 unspecified atom stereocenters. The first kappa shape index (κ1) is 17.0. The van der Waals surface area contributed by atoms with E-state index in [0.29, 0.717) is 18.0 Å². The van der Waals surface area contributed by atoms with Gasteiger partial charge in [-0.25, -0.2) is 17.9 Å². The fraction of sp³-hybridized carbons (Fsp3) is 0.267. The topological polar surface area (TPSA) is 109 Å². The van der Waals surface area contributed by atoms with Crippen LogP contribution in [0.15, 0.2) is 45.9 Å². The fourth-order valence-corrected chi connectivity index (χ4v) is 3.14. The van der Waals surface area contributed by atoms with E-state index in [1.807, 2.05) is 6.92 Å². The van der Waals surface area contributed by atoms with Gasteiger partial charge >= 0.3 is 5.97 Å². The lowest BCUT2D eigenvalue weighted by Crippen LogP contribution is -2.24. The van der Waals surface area contributed by atoms with E-state index in [1.54, 1.807) is 12.1 Å². The Kier molecular flexibility index (Phi) is 5.41. The van der Waals surface area contributed by atoms with Crippen LogP contribution in [0.4, 0.5) is 5.69 Å². The van der Waals surface area contributed by atoms with Crippen molar-refractivity contribution < 1.29 is 22.7 Å². The molecular formula is C15H18N2O5S. The first-order valence-electron chi connectivity index (χ1n) is 7.07. The number of nitrogens with one attached hydrogen (secondary N) is 2. The van der Waals surface area contributed by atoms with Crippen LogP contribution < -0.4 is 10.0 Å². The SMILES string of the molecule is CCCNc1ccc(C(=O)O)cc1S(=O)(=O)NCc1ccco1. The maximum atomic E-state index is 12.5. The zero-order chi connectivity index (χ0) is 16.9. The number of carboxylic acids is 1. The predicted octanol–water partition coefficient (Wildman–Crippen LogP) is 2.28. The summed E-state index contributed by atoms with van der Waals surface area (Å²) in [6, 6.07) is 7.27. The Morgan fingerprint density at radius 3 is 2.70 bits per heavy atom. The highest BCUT2D eigenvalue weighted by Crippen LogP contribution is 2.23. The summed E-state index contributed by atoms with van der Waals surface area (Å²) >= 11 is 0. The Balaban J connectivity index is 2.32. The smallest absolute Gasteiger partial charge is 0.335 e. The Morgan fingerprint density at radius 2 is 2.09 bits per heavy atom. The van der Waals surface area contributed by atoms with E-state index in [4.69, 9.17) is 9.52 Å². The maximum Gasteiger partial charge on any atom is 0.335 e. The van der Waals surface area contributed by atoms with E-state index in [-0.39, 0.29) is 17.0 Å². The molecule has 1 aromatic carbocycles. The number of benzene rings is 1. The molecule has 3 N–H and O–H groups in total. The molecule has 124 valence electrons. The molecule has 1 aromatic heterocycles. The van der Waals surface area contributed by atoms with E-state index in [9.17, 15) is 13.2 Å². The summed E-state index contributed by atoms with van der Waals surface area (Å²) in [7, 11) is -3.89. The lowest BCUT2D eigenvalue weighted by molar-refractivity contribution is 0.0696. The third kappa shape index (κ3) is 4.33. The summed E-state index contributed by atoms with van der Waals surface area (Å²) in [5.74, 6) is -0.722. The molecule has 23 heavy (non-hydrogen) atoms. The van der Waals surface area contributed by atoms with E-state index < -0.39 is 16.0 Å². The molecule has 0 bridgehead atoms. The second-order valence-electron chi connectivity index (χ2n) is 4.85. The average molecular weight is 338 g/mol. The number of anilines is 1. The normalized spacial score (nSPS) is 11.3. The number of aromatic carboxylic acids is 1. The van der Waals surface area contributed by atoms with Crippen molar-refractivity contribution in [3.63, 3.8) is 0 Å². The van der Waals surface area contributed by atoms with Crippen LogP contribution >= 0.6 is 0 Å². The van der Waals surface area contributed by atoms with Gasteiger partial charge in [-0.3, -0.25) is 0 Å². The van der Waals surface area contributed by atoms with Crippen LogP contribution in [0, 0.1) is 0 Å². The maximum absolute atomic E-state index is 12.5. The van der Waals surface area contributed by atoms with Gasteiger partial charge in [0.25, 0.3) is 0 Å². The van der Waals surface area contributed by atoms with E-state index in [1.165, 1.54) is 18.4 Å². The zero-order valence-corrected chi connectivity index (χ0v) is 13.4. The Bertz CT molecular complexity index is 769. The predicted molar refractivity (Wildman–Crippen MR) is 84.9 cm³/mol. The molecule has 0 amide bonds. The molecule has 2 rings (SSSR count). The number of furan rings is 1. The van der Waals surface area contributed by atoms with Crippen molar-refractivity contribution in [2.45, 2.75) is 24.8 Å². The number of sulfonamides is 1. The molecule has 0 aliphatic rings. The van der Waals surface area contributed by atoms with Gasteiger partial charge in [0, 0.05) is 6.54 Å². The lowest BCUT2D eigenvalue weighted by Gasteiger charge is -2.13. The summed E-state index contributed by atoms with van der Waals surface area (Å²) in [5, 5.41) is 12.1. The van der Waals surface area contributed by atoms with Crippen molar-refractivity contribution in [3.05, 3.63) is 47.9 Å². The summed E-state index contributed by atoms with van der Waals surface area (Å²) in [4.78, 5) is 11.0. The Labute approximate surface area is 134 Å². The molecule has 0 atom stereocenters. The Hall–Kier alpha value is -2.32. The van der Waals surface area contributed by atoms with Crippen molar-refractivity contribution >= 4 is 21.7 Å². The van der Waals surface area contributed by atoms with Crippen molar-refractivity contribution in [2.75, 3.05) is 11.9 Å². The number of carbonyl (C=O) groups is 1. The van der Waals surface area contributed by atoms with Gasteiger partial charge in [-0.2, -0.15) is 0 Å². The molecule has 0 aliphatic heterocycles. The molecular weight excluding hydrogens is 320 g/mol. The first-order chi connectivity index (χ1) is 10.9. The van der Waals surface area contributed by atoms with Crippen molar-refractivity contribution in [2.24, 2.45) is 0 Å².